The van der Waals surface area contributed by atoms with Crippen molar-refractivity contribution < 1.29 is 4.79 Å². The second-order valence-electron chi connectivity index (χ2n) is 7.66. The van der Waals surface area contributed by atoms with Gasteiger partial charge in [0.05, 0.1) is 6.54 Å². The summed E-state index contributed by atoms with van der Waals surface area (Å²) in [7, 11) is 0. The van der Waals surface area contributed by atoms with Gasteiger partial charge in [0, 0.05) is 50.3 Å². The Labute approximate surface area is 165 Å². The van der Waals surface area contributed by atoms with Gasteiger partial charge in [-0.25, -0.2) is 4.98 Å². The molecule has 1 amide bonds. The lowest BCUT2D eigenvalue weighted by Gasteiger charge is -2.36. The molecular formula is C21H28N4OS. The Balaban J connectivity index is 1.31. The molecule has 27 heavy (non-hydrogen) atoms. The van der Waals surface area contributed by atoms with Gasteiger partial charge in [-0.1, -0.05) is 6.07 Å². The average Bonchev–Trinajstić information content (AvgIpc) is 3.36. The van der Waals surface area contributed by atoms with E-state index in [-0.39, 0.29) is 5.91 Å². The van der Waals surface area contributed by atoms with E-state index in [2.05, 4.69) is 46.8 Å². The van der Waals surface area contributed by atoms with Gasteiger partial charge in [0.15, 0.2) is 0 Å². The first kappa shape index (κ1) is 18.4. The second-order valence-corrected chi connectivity index (χ2v) is 8.60. The van der Waals surface area contributed by atoms with Crippen LogP contribution in [0.1, 0.15) is 39.5 Å². The summed E-state index contributed by atoms with van der Waals surface area (Å²) < 4.78 is 0. The molecule has 2 aromatic rings. The number of likely N-dealkylation sites (tertiary alicyclic amines) is 1. The lowest BCUT2D eigenvalue weighted by atomic mass is 10.1. The molecule has 0 spiro atoms. The number of hydrogen-bond donors (Lipinski definition) is 0. The third-order valence-electron chi connectivity index (χ3n) is 5.75. The number of hydrogen-bond acceptors (Lipinski definition) is 5. The average molecular weight is 385 g/mol. The van der Waals surface area contributed by atoms with Gasteiger partial charge in [-0.05, 0) is 49.9 Å². The van der Waals surface area contributed by atoms with Crippen LogP contribution >= 0.6 is 11.3 Å². The maximum absolute atomic E-state index is 12.5. The van der Waals surface area contributed by atoms with Crippen LogP contribution in [0.2, 0.25) is 0 Å². The molecule has 0 atom stereocenters. The number of carbonyl (C=O) groups is 1. The Morgan fingerprint density at radius 2 is 1.78 bits per heavy atom. The summed E-state index contributed by atoms with van der Waals surface area (Å²) in [6, 6.07) is 6.74. The predicted molar refractivity (Wildman–Crippen MR) is 111 cm³/mol. The van der Waals surface area contributed by atoms with Crippen molar-refractivity contribution in [2.45, 2.75) is 33.2 Å². The molecule has 0 bridgehead atoms. The smallest absolute Gasteiger partial charge is 0.273 e. The number of benzene rings is 1. The summed E-state index contributed by atoms with van der Waals surface area (Å²) in [5, 5.41) is 2.98. The van der Waals surface area contributed by atoms with E-state index in [0.717, 1.165) is 63.7 Å². The van der Waals surface area contributed by atoms with E-state index in [1.807, 2.05) is 10.3 Å². The molecule has 0 unspecified atom stereocenters. The molecule has 1 aromatic heterocycles. The summed E-state index contributed by atoms with van der Waals surface area (Å²) in [6.07, 6.45) is 2.24. The van der Waals surface area contributed by atoms with Crippen LogP contribution in [0.5, 0.6) is 0 Å². The molecule has 0 saturated carbocycles. The highest BCUT2D eigenvalue weighted by atomic mass is 32.1. The molecule has 3 heterocycles. The van der Waals surface area contributed by atoms with Crippen LogP contribution in [-0.4, -0.2) is 60.0 Å². The first-order chi connectivity index (χ1) is 13.1. The second kappa shape index (κ2) is 7.98. The number of rotatable bonds is 4. The minimum Gasteiger partial charge on any atom is -0.369 e. The minimum absolute atomic E-state index is 0.106. The summed E-state index contributed by atoms with van der Waals surface area (Å²) in [5.41, 5.74) is 4.66. The van der Waals surface area contributed by atoms with Crippen LogP contribution in [0.3, 0.4) is 0 Å². The normalized spacial score (nSPS) is 18.3. The molecule has 4 rings (SSSR count). The quantitative estimate of drug-likeness (QED) is 0.811. The first-order valence-electron chi connectivity index (χ1n) is 9.88. The van der Waals surface area contributed by atoms with E-state index in [1.54, 1.807) is 11.3 Å². The summed E-state index contributed by atoms with van der Waals surface area (Å²) in [5.74, 6) is 0.106. The highest BCUT2D eigenvalue weighted by molar-refractivity contribution is 7.09. The highest BCUT2D eigenvalue weighted by Crippen LogP contribution is 2.22. The Morgan fingerprint density at radius 1 is 1.04 bits per heavy atom. The van der Waals surface area contributed by atoms with Gasteiger partial charge >= 0.3 is 0 Å². The Hall–Kier alpha value is -1.92. The molecule has 0 aliphatic carbocycles. The van der Waals surface area contributed by atoms with Crippen LogP contribution < -0.4 is 4.90 Å². The minimum atomic E-state index is 0.106. The first-order valence-corrected chi connectivity index (χ1v) is 10.8. The number of carbonyl (C=O) groups excluding carboxylic acids is 1. The van der Waals surface area contributed by atoms with Gasteiger partial charge in [0.2, 0.25) is 0 Å². The fourth-order valence-electron chi connectivity index (χ4n) is 3.84. The molecule has 144 valence electrons. The van der Waals surface area contributed by atoms with E-state index < -0.39 is 0 Å². The molecule has 1 aromatic carbocycles. The number of amides is 1. The zero-order valence-electron chi connectivity index (χ0n) is 16.3. The number of aromatic nitrogens is 1. The van der Waals surface area contributed by atoms with Gasteiger partial charge in [-0.2, -0.15) is 0 Å². The van der Waals surface area contributed by atoms with Gasteiger partial charge in [0.25, 0.3) is 5.91 Å². The number of thiazole rings is 1. The van der Waals surface area contributed by atoms with E-state index in [9.17, 15) is 4.79 Å². The van der Waals surface area contributed by atoms with Crippen LogP contribution in [0.15, 0.2) is 23.6 Å². The standard InChI is InChI=1S/C21H28N4OS/c1-16-5-6-18(13-17(16)2)24-11-9-23(10-12-24)14-20-22-19(15-27-20)21(26)25-7-3-4-8-25/h5-6,13,15H,3-4,7-12,14H2,1-2H3. The third kappa shape index (κ3) is 4.17. The van der Waals surface area contributed by atoms with E-state index in [4.69, 9.17) is 0 Å². The Kier molecular flexibility index (Phi) is 5.45. The van der Waals surface area contributed by atoms with Gasteiger partial charge in [0.1, 0.15) is 10.7 Å². The molecule has 0 radical (unpaired) electrons. The number of anilines is 1. The zero-order chi connectivity index (χ0) is 18.8. The Bertz CT molecular complexity index is 804. The topological polar surface area (TPSA) is 39.7 Å². The molecule has 2 aliphatic heterocycles. The number of nitrogens with zero attached hydrogens (tertiary/aromatic N) is 4. The van der Waals surface area contributed by atoms with Crippen molar-refractivity contribution in [3.8, 4) is 0 Å². The van der Waals surface area contributed by atoms with Crippen molar-refractivity contribution in [3.63, 3.8) is 0 Å². The summed E-state index contributed by atoms with van der Waals surface area (Å²) in [6.45, 7) is 11.1. The SMILES string of the molecule is Cc1ccc(N2CCN(Cc3nc(C(=O)N4CCCC4)cs3)CC2)cc1C. The molecular weight excluding hydrogens is 356 g/mol. The van der Waals surface area contributed by atoms with Gasteiger partial charge < -0.3 is 9.80 Å². The number of aryl methyl sites for hydroxylation is 2. The van der Waals surface area contributed by atoms with E-state index >= 15 is 0 Å². The molecule has 0 N–H and O–H groups in total. The maximum Gasteiger partial charge on any atom is 0.273 e. The number of piperazine rings is 1. The van der Waals surface area contributed by atoms with Crippen molar-refractivity contribution in [1.29, 1.82) is 0 Å². The molecule has 2 saturated heterocycles. The fourth-order valence-corrected chi connectivity index (χ4v) is 4.65. The van der Waals surface area contributed by atoms with Crippen molar-refractivity contribution in [2.24, 2.45) is 0 Å². The van der Waals surface area contributed by atoms with E-state index in [0.29, 0.717) is 5.69 Å². The highest BCUT2D eigenvalue weighted by Gasteiger charge is 2.23. The Morgan fingerprint density at radius 3 is 2.48 bits per heavy atom. The predicted octanol–water partition coefficient (Wildman–Crippen LogP) is 3.32. The van der Waals surface area contributed by atoms with Crippen molar-refractivity contribution in [2.75, 3.05) is 44.2 Å². The van der Waals surface area contributed by atoms with Crippen molar-refractivity contribution in [3.05, 3.63) is 45.4 Å². The molecule has 2 aliphatic rings. The van der Waals surface area contributed by atoms with Crippen molar-refractivity contribution in [1.82, 2.24) is 14.8 Å². The van der Waals surface area contributed by atoms with Crippen LogP contribution in [0.4, 0.5) is 5.69 Å². The summed E-state index contributed by atoms with van der Waals surface area (Å²) >= 11 is 1.62. The summed E-state index contributed by atoms with van der Waals surface area (Å²) in [4.78, 5) is 23.9. The van der Waals surface area contributed by atoms with Gasteiger partial charge in [-0.3, -0.25) is 9.69 Å². The van der Waals surface area contributed by atoms with Crippen molar-refractivity contribution >= 4 is 22.9 Å². The molecule has 6 heteroatoms. The lowest BCUT2D eigenvalue weighted by Crippen LogP contribution is -2.46. The zero-order valence-corrected chi connectivity index (χ0v) is 17.1. The maximum atomic E-state index is 12.5. The third-order valence-corrected chi connectivity index (χ3v) is 6.58. The monoisotopic (exact) mass is 384 g/mol. The fraction of sp³-hybridized carbons (Fsp3) is 0.524. The molecule has 5 nitrogen and oxygen atoms in total. The van der Waals surface area contributed by atoms with Crippen LogP contribution in [0, 0.1) is 13.8 Å². The van der Waals surface area contributed by atoms with Crippen LogP contribution in [0.25, 0.3) is 0 Å². The van der Waals surface area contributed by atoms with Crippen LogP contribution in [-0.2, 0) is 6.54 Å². The largest absolute Gasteiger partial charge is 0.369 e. The lowest BCUT2D eigenvalue weighted by molar-refractivity contribution is 0.0787. The molecule has 2 fully saturated rings. The van der Waals surface area contributed by atoms with E-state index in [1.165, 1.54) is 16.8 Å². The van der Waals surface area contributed by atoms with Gasteiger partial charge in [-0.15, -0.1) is 11.3 Å².